The maximum absolute atomic E-state index is 12.5. The van der Waals surface area contributed by atoms with Gasteiger partial charge in [-0.1, -0.05) is 42.4 Å². The summed E-state index contributed by atoms with van der Waals surface area (Å²) in [6, 6.07) is 11.7. The molecule has 4 nitrogen and oxygen atoms in total. The van der Waals surface area contributed by atoms with Crippen molar-refractivity contribution < 1.29 is 8.42 Å². The number of nitrogens with one attached hydrogen (secondary N) is 1. The van der Waals surface area contributed by atoms with E-state index in [1.807, 2.05) is 6.07 Å². The van der Waals surface area contributed by atoms with Crippen LogP contribution in [0.5, 0.6) is 0 Å². The molecule has 0 spiro atoms. The van der Waals surface area contributed by atoms with E-state index in [0.29, 0.717) is 5.69 Å². The normalized spacial score (nSPS) is 11.8. The quantitative estimate of drug-likeness (QED) is 0.576. The number of rotatable bonds is 6. The van der Waals surface area contributed by atoms with Crippen LogP contribution in [0.2, 0.25) is 5.02 Å². The van der Waals surface area contributed by atoms with Crippen LogP contribution in [-0.4, -0.2) is 19.2 Å². The fourth-order valence-corrected chi connectivity index (χ4v) is 5.69. The minimum Gasteiger partial charge on any atom is -0.280 e. The molecule has 0 fully saturated rings. The summed E-state index contributed by atoms with van der Waals surface area (Å²) in [7, 11) is -3.72. The Morgan fingerprint density at radius 1 is 1.25 bits per heavy atom. The lowest BCUT2D eigenvalue weighted by atomic mass is 10.3. The Bertz CT molecular complexity index is 970. The lowest BCUT2D eigenvalue weighted by Crippen LogP contribution is -2.13. The Kier molecular flexibility index (Phi) is 5.34. The Morgan fingerprint density at radius 2 is 2.04 bits per heavy atom. The van der Waals surface area contributed by atoms with E-state index in [0.717, 1.165) is 26.7 Å². The maximum atomic E-state index is 12.5. The first-order valence-corrected chi connectivity index (χ1v) is 11.0. The van der Waals surface area contributed by atoms with Crippen molar-refractivity contribution in [2.75, 3.05) is 10.5 Å². The van der Waals surface area contributed by atoms with Gasteiger partial charge in [0.05, 0.1) is 20.9 Å². The van der Waals surface area contributed by atoms with Gasteiger partial charge in [0, 0.05) is 5.75 Å². The van der Waals surface area contributed by atoms with Crippen LogP contribution in [0, 0.1) is 0 Å². The van der Waals surface area contributed by atoms with Crippen LogP contribution in [0.15, 0.2) is 51.7 Å². The first-order valence-electron chi connectivity index (χ1n) is 7.30. The topological polar surface area (TPSA) is 59.1 Å². The molecule has 8 heteroatoms. The third-order valence-corrected chi connectivity index (χ3v) is 7.42. The minimum absolute atomic E-state index is 0.0651. The molecular weight excluding hydrogens is 384 g/mol. The minimum atomic E-state index is -3.72. The van der Waals surface area contributed by atoms with E-state index >= 15 is 0 Å². The van der Waals surface area contributed by atoms with E-state index in [9.17, 15) is 8.42 Å². The molecule has 0 bridgehead atoms. The maximum Gasteiger partial charge on any atom is 0.263 e. The number of anilines is 1. The molecule has 1 N–H and O–H groups in total. The summed E-state index contributed by atoms with van der Waals surface area (Å²) >= 11 is 9.27. The Balaban J connectivity index is 1.88. The zero-order valence-corrected chi connectivity index (χ0v) is 16.0. The molecule has 0 amide bonds. The summed E-state index contributed by atoms with van der Waals surface area (Å²) in [6.45, 7) is 2.13. The molecule has 1 heterocycles. The van der Waals surface area contributed by atoms with Crippen molar-refractivity contribution in [3.05, 3.63) is 47.5 Å². The van der Waals surface area contributed by atoms with Gasteiger partial charge < -0.3 is 0 Å². The summed E-state index contributed by atoms with van der Waals surface area (Å²) in [6.07, 6.45) is 1.09. The van der Waals surface area contributed by atoms with E-state index in [-0.39, 0.29) is 9.92 Å². The third kappa shape index (κ3) is 3.85. The number of nitrogens with zero attached hydrogens (tertiary/aromatic N) is 1. The van der Waals surface area contributed by atoms with E-state index < -0.39 is 10.0 Å². The number of thiazole rings is 1. The standard InChI is InChI=1S/C16H15ClN2O2S3/c1-2-9-22-16-18-13-8-7-11(10-14(13)23-16)19-24(20,21)15-6-4-3-5-12(15)17/h3-8,10,19H,2,9H2,1H3. The molecule has 0 saturated carbocycles. The van der Waals surface area contributed by atoms with Crippen LogP contribution < -0.4 is 4.72 Å². The molecule has 3 rings (SSSR count). The molecule has 0 saturated heterocycles. The molecule has 3 aromatic rings. The van der Waals surface area contributed by atoms with Gasteiger partial charge in [-0.05, 0) is 36.8 Å². The number of sulfonamides is 1. The van der Waals surface area contributed by atoms with Gasteiger partial charge in [0.25, 0.3) is 10.0 Å². The second kappa shape index (κ2) is 7.31. The van der Waals surface area contributed by atoms with Crippen LogP contribution in [-0.2, 0) is 10.0 Å². The summed E-state index contributed by atoms with van der Waals surface area (Å²) in [4.78, 5) is 4.61. The Morgan fingerprint density at radius 3 is 2.79 bits per heavy atom. The van der Waals surface area contributed by atoms with Gasteiger partial charge in [-0.3, -0.25) is 4.72 Å². The van der Waals surface area contributed by atoms with Gasteiger partial charge in [-0.2, -0.15) is 0 Å². The number of hydrogen-bond acceptors (Lipinski definition) is 5. The molecule has 2 aromatic carbocycles. The summed E-state index contributed by atoms with van der Waals surface area (Å²) in [5, 5.41) is 0.196. The van der Waals surface area contributed by atoms with Gasteiger partial charge in [0.1, 0.15) is 4.90 Å². The van der Waals surface area contributed by atoms with Crippen LogP contribution in [0.1, 0.15) is 13.3 Å². The highest BCUT2D eigenvalue weighted by atomic mass is 35.5. The molecular formula is C16H15ClN2O2S3. The highest BCUT2D eigenvalue weighted by Gasteiger charge is 2.18. The summed E-state index contributed by atoms with van der Waals surface area (Å²) in [5.74, 6) is 1.02. The third-order valence-electron chi connectivity index (χ3n) is 3.18. The van der Waals surface area contributed by atoms with Crippen molar-refractivity contribution in [2.45, 2.75) is 22.6 Å². The zero-order chi connectivity index (χ0) is 17.2. The molecule has 0 aliphatic carbocycles. The molecule has 0 unspecified atom stereocenters. The van der Waals surface area contributed by atoms with Gasteiger partial charge >= 0.3 is 0 Å². The summed E-state index contributed by atoms with van der Waals surface area (Å²) < 4.78 is 29.5. The number of thioether (sulfide) groups is 1. The molecule has 0 aliphatic rings. The van der Waals surface area contributed by atoms with Crippen molar-refractivity contribution in [2.24, 2.45) is 0 Å². The van der Waals surface area contributed by atoms with Crippen molar-refractivity contribution in [3.8, 4) is 0 Å². The average Bonchev–Trinajstić information content (AvgIpc) is 2.94. The monoisotopic (exact) mass is 398 g/mol. The predicted molar refractivity (Wildman–Crippen MR) is 103 cm³/mol. The Hall–Kier alpha value is -1.28. The van der Waals surface area contributed by atoms with Gasteiger partial charge in [-0.15, -0.1) is 11.3 Å². The number of benzene rings is 2. The van der Waals surface area contributed by atoms with E-state index in [1.54, 1.807) is 53.4 Å². The lowest BCUT2D eigenvalue weighted by molar-refractivity contribution is 0.601. The zero-order valence-electron chi connectivity index (χ0n) is 12.8. The Labute approximate surface area is 154 Å². The van der Waals surface area contributed by atoms with Crippen LogP contribution in [0.3, 0.4) is 0 Å². The highest BCUT2D eigenvalue weighted by Crippen LogP contribution is 2.32. The fourth-order valence-electron chi connectivity index (χ4n) is 2.09. The summed E-state index contributed by atoms with van der Waals surface area (Å²) in [5.41, 5.74) is 1.37. The number of hydrogen-bond donors (Lipinski definition) is 1. The molecule has 126 valence electrons. The van der Waals surface area contributed by atoms with Crippen molar-refractivity contribution >= 4 is 60.6 Å². The smallest absolute Gasteiger partial charge is 0.263 e. The van der Waals surface area contributed by atoms with Crippen LogP contribution in [0.4, 0.5) is 5.69 Å². The van der Waals surface area contributed by atoms with Crippen molar-refractivity contribution in [1.29, 1.82) is 0 Å². The molecule has 1 aromatic heterocycles. The van der Waals surface area contributed by atoms with Crippen molar-refractivity contribution in [1.82, 2.24) is 4.98 Å². The largest absolute Gasteiger partial charge is 0.280 e. The number of fused-ring (bicyclic) bond motifs is 1. The molecule has 0 atom stereocenters. The number of aromatic nitrogens is 1. The highest BCUT2D eigenvalue weighted by molar-refractivity contribution is 8.01. The van der Waals surface area contributed by atoms with E-state index in [4.69, 9.17) is 11.6 Å². The van der Waals surface area contributed by atoms with Gasteiger partial charge in [-0.25, -0.2) is 13.4 Å². The molecule has 24 heavy (non-hydrogen) atoms. The second-order valence-electron chi connectivity index (χ2n) is 5.05. The van der Waals surface area contributed by atoms with E-state index in [1.165, 1.54) is 6.07 Å². The predicted octanol–water partition coefficient (Wildman–Crippen LogP) is 5.25. The SMILES string of the molecule is CCCSc1nc2ccc(NS(=O)(=O)c3ccccc3Cl)cc2s1. The number of halogens is 1. The lowest BCUT2D eigenvalue weighted by Gasteiger charge is -2.09. The first-order chi connectivity index (χ1) is 11.5. The van der Waals surface area contributed by atoms with Crippen molar-refractivity contribution in [3.63, 3.8) is 0 Å². The van der Waals surface area contributed by atoms with Gasteiger partial charge in [0.2, 0.25) is 0 Å². The molecule has 0 aliphatic heterocycles. The van der Waals surface area contributed by atoms with E-state index in [2.05, 4.69) is 16.6 Å². The first kappa shape index (κ1) is 17.5. The average molecular weight is 399 g/mol. The van der Waals surface area contributed by atoms with Gasteiger partial charge in [0.15, 0.2) is 4.34 Å². The second-order valence-corrected chi connectivity index (χ2v) is 9.48. The van der Waals surface area contributed by atoms with Crippen LogP contribution in [0.25, 0.3) is 10.2 Å². The van der Waals surface area contributed by atoms with Crippen LogP contribution >= 0.6 is 34.7 Å². The fraction of sp³-hybridized carbons (Fsp3) is 0.188. The molecule has 0 radical (unpaired) electrons.